The van der Waals surface area contributed by atoms with Gasteiger partial charge in [0.15, 0.2) is 0 Å². The summed E-state index contributed by atoms with van der Waals surface area (Å²) in [4.78, 5) is 0. The zero-order valence-electron chi connectivity index (χ0n) is 11.0. The Balaban J connectivity index is -0.0000000770. The van der Waals surface area contributed by atoms with E-state index in [9.17, 15) is 0 Å². The molecule has 0 bridgehead atoms. The van der Waals surface area contributed by atoms with Gasteiger partial charge in [0.2, 0.25) is 0 Å². The fourth-order valence-electron chi connectivity index (χ4n) is 0.115. The Morgan fingerprint density at radius 1 is 0.556 bits per heavy atom. The summed E-state index contributed by atoms with van der Waals surface area (Å²) in [5, 5.41) is 63.2. The molecule has 116 valence electrons. The normalized spacial score (nSPS) is 8.67. The van der Waals surface area contributed by atoms with Gasteiger partial charge in [0.1, 0.15) is 12.2 Å². The van der Waals surface area contributed by atoms with Crippen LogP contribution in [0.3, 0.4) is 0 Å². The third-order valence-corrected chi connectivity index (χ3v) is 0.843. The van der Waals surface area contributed by atoms with Gasteiger partial charge in [-0.1, -0.05) is 0 Å². The summed E-state index contributed by atoms with van der Waals surface area (Å²) in [6, 6.07) is 0. The number of rotatable bonds is 4. The van der Waals surface area contributed by atoms with Crippen LogP contribution in [0.2, 0.25) is 0 Å². The van der Waals surface area contributed by atoms with Crippen LogP contribution in [-0.2, 0) is 0 Å². The minimum atomic E-state index is -0.954. The molecule has 0 aromatic rings. The van der Waals surface area contributed by atoms with Crippen LogP contribution in [0.4, 0.5) is 0 Å². The molecule has 0 aliphatic carbocycles. The topological polar surface area (TPSA) is 162 Å². The molecule has 0 aliphatic heterocycles. The summed E-state index contributed by atoms with van der Waals surface area (Å²) in [6.45, 7) is 2.40. The largest absolute Gasteiger partial charge is 0.397 e. The Labute approximate surface area is 107 Å². The minimum Gasteiger partial charge on any atom is -0.397 e. The van der Waals surface area contributed by atoms with Crippen molar-refractivity contribution in [3.63, 3.8) is 0 Å². The van der Waals surface area contributed by atoms with Crippen molar-refractivity contribution in [2.45, 2.75) is 26.1 Å². The van der Waals surface area contributed by atoms with Gasteiger partial charge in [-0.15, -0.1) is 0 Å². The maximum absolute atomic E-state index is 8.17. The van der Waals surface area contributed by atoms with Gasteiger partial charge in [0.05, 0.1) is 26.4 Å². The van der Waals surface area contributed by atoms with Gasteiger partial charge in [-0.2, -0.15) is 0 Å². The second-order valence-corrected chi connectivity index (χ2v) is 2.67. The van der Waals surface area contributed by atoms with Crippen LogP contribution >= 0.6 is 0 Å². The zero-order chi connectivity index (χ0) is 15.4. The Hall–Kier alpha value is -0.320. The van der Waals surface area contributed by atoms with E-state index in [4.69, 9.17) is 40.9 Å². The SMILES string of the molecule is CCO.CCO.OCC(O)CO.OCC(O)CO. The molecule has 0 radical (unpaired) electrons. The highest BCUT2D eigenvalue weighted by atomic mass is 16.3. The maximum Gasteiger partial charge on any atom is 0.100 e. The molecule has 0 heterocycles. The van der Waals surface area contributed by atoms with Gasteiger partial charge in [-0.25, -0.2) is 0 Å². The van der Waals surface area contributed by atoms with Crippen molar-refractivity contribution < 1.29 is 40.9 Å². The van der Waals surface area contributed by atoms with Crippen LogP contribution in [0, 0.1) is 0 Å². The van der Waals surface area contributed by atoms with E-state index in [0.29, 0.717) is 0 Å². The Bertz CT molecular complexity index is 83.9. The first kappa shape index (κ1) is 26.3. The number of aliphatic hydroxyl groups is 8. The summed E-state index contributed by atoms with van der Waals surface area (Å²) in [6.07, 6.45) is -1.91. The fourth-order valence-corrected chi connectivity index (χ4v) is 0.115. The van der Waals surface area contributed by atoms with E-state index < -0.39 is 12.2 Å². The molecule has 0 aliphatic rings. The van der Waals surface area contributed by atoms with Crippen molar-refractivity contribution in [2.75, 3.05) is 39.6 Å². The van der Waals surface area contributed by atoms with E-state index in [1.807, 2.05) is 0 Å². The predicted octanol–water partition coefficient (Wildman–Crippen LogP) is -3.34. The summed E-state index contributed by atoms with van der Waals surface area (Å²) >= 11 is 0. The van der Waals surface area contributed by atoms with E-state index in [2.05, 4.69) is 0 Å². The molecule has 0 saturated carbocycles. The first-order chi connectivity index (χ1) is 8.44. The highest BCUT2D eigenvalue weighted by molar-refractivity contribution is 4.44. The van der Waals surface area contributed by atoms with E-state index in [1.54, 1.807) is 13.8 Å². The van der Waals surface area contributed by atoms with Crippen molar-refractivity contribution in [2.24, 2.45) is 0 Å². The molecule has 0 aromatic heterocycles. The molecule has 0 atom stereocenters. The fraction of sp³-hybridized carbons (Fsp3) is 1.00. The first-order valence-corrected chi connectivity index (χ1v) is 5.46. The van der Waals surface area contributed by atoms with Gasteiger partial charge in [-0.05, 0) is 13.8 Å². The van der Waals surface area contributed by atoms with Crippen molar-refractivity contribution in [1.29, 1.82) is 0 Å². The van der Waals surface area contributed by atoms with Gasteiger partial charge in [0.25, 0.3) is 0 Å². The van der Waals surface area contributed by atoms with E-state index in [0.717, 1.165) is 0 Å². The van der Waals surface area contributed by atoms with Gasteiger partial charge < -0.3 is 40.9 Å². The third kappa shape index (κ3) is 57.3. The summed E-state index contributed by atoms with van der Waals surface area (Å²) in [5.74, 6) is 0. The summed E-state index contributed by atoms with van der Waals surface area (Å²) in [7, 11) is 0. The lowest BCUT2D eigenvalue weighted by Crippen LogP contribution is -2.15. The first-order valence-electron chi connectivity index (χ1n) is 5.46. The molecule has 0 saturated heterocycles. The van der Waals surface area contributed by atoms with Crippen LogP contribution in [0.1, 0.15) is 13.8 Å². The quantitative estimate of drug-likeness (QED) is 0.264. The van der Waals surface area contributed by atoms with Gasteiger partial charge in [0, 0.05) is 13.2 Å². The molecule has 18 heavy (non-hydrogen) atoms. The number of hydrogen-bond donors (Lipinski definition) is 8. The van der Waals surface area contributed by atoms with Crippen molar-refractivity contribution in [3.8, 4) is 0 Å². The number of aliphatic hydroxyl groups excluding tert-OH is 8. The molecule has 0 aromatic carbocycles. The smallest absolute Gasteiger partial charge is 0.100 e. The molecule has 0 rings (SSSR count). The highest BCUT2D eigenvalue weighted by Crippen LogP contribution is 1.72. The van der Waals surface area contributed by atoms with Gasteiger partial charge in [-0.3, -0.25) is 0 Å². The van der Waals surface area contributed by atoms with Crippen LogP contribution in [0.25, 0.3) is 0 Å². The Morgan fingerprint density at radius 3 is 0.667 bits per heavy atom. The molecule has 0 spiro atoms. The van der Waals surface area contributed by atoms with E-state index >= 15 is 0 Å². The Morgan fingerprint density at radius 2 is 0.667 bits per heavy atom. The molecular formula is C10H28O8. The van der Waals surface area contributed by atoms with Crippen LogP contribution in [-0.4, -0.2) is 92.7 Å². The van der Waals surface area contributed by atoms with E-state index in [-0.39, 0.29) is 39.6 Å². The van der Waals surface area contributed by atoms with E-state index in [1.165, 1.54) is 0 Å². The van der Waals surface area contributed by atoms with Crippen molar-refractivity contribution >= 4 is 0 Å². The predicted molar refractivity (Wildman–Crippen MR) is 65.9 cm³/mol. The lowest BCUT2D eigenvalue weighted by atomic mass is 10.4. The second-order valence-electron chi connectivity index (χ2n) is 2.67. The van der Waals surface area contributed by atoms with Gasteiger partial charge >= 0.3 is 0 Å². The molecule has 8 nitrogen and oxygen atoms in total. The average Bonchev–Trinajstić information content (AvgIpc) is 2.39. The molecule has 0 amide bonds. The van der Waals surface area contributed by atoms with Crippen LogP contribution in [0.5, 0.6) is 0 Å². The molecule has 0 unspecified atom stereocenters. The zero-order valence-corrected chi connectivity index (χ0v) is 11.0. The summed E-state index contributed by atoms with van der Waals surface area (Å²) in [5.41, 5.74) is 0. The lowest BCUT2D eigenvalue weighted by molar-refractivity contribution is 0.0450. The molecule has 8 heteroatoms. The summed E-state index contributed by atoms with van der Waals surface area (Å²) < 4.78 is 0. The standard InChI is InChI=1S/2C3H8O3.2C2H6O/c2*4-1-3(6)2-5;2*1-2-3/h2*3-6H,1-2H2;2*3H,2H2,1H3. The van der Waals surface area contributed by atoms with Crippen LogP contribution in [0.15, 0.2) is 0 Å². The molecule has 8 N–H and O–H groups in total. The van der Waals surface area contributed by atoms with Crippen LogP contribution < -0.4 is 0 Å². The Kier molecular flexibility index (Phi) is 43.9. The maximum atomic E-state index is 8.17. The minimum absolute atomic E-state index is 0.250. The third-order valence-electron chi connectivity index (χ3n) is 0.843. The second kappa shape index (κ2) is 30.1. The lowest BCUT2D eigenvalue weighted by Gasteiger charge is -1.96. The van der Waals surface area contributed by atoms with Crippen molar-refractivity contribution in [1.82, 2.24) is 0 Å². The van der Waals surface area contributed by atoms with Crippen molar-refractivity contribution in [3.05, 3.63) is 0 Å². The average molecular weight is 276 g/mol. The molecular weight excluding hydrogens is 248 g/mol. The highest BCUT2D eigenvalue weighted by Gasteiger charge is 1.94. The number of hydrogen-bond acceptors (Lipinski definition) is 8. The molecule has 0 fully saturated rings. The monoisotopic (exact) mass is 276 g/mol.